The van der Waals surface area contributed by atoms with Crippen LogP contribution in [0.4, 0.5) is 0 Å². The van der Waals surface area contributed by atoms with Gasteiger partial charge in [-0.2, -0.15) is 0 Å². The summed E-state index contributed by atoms with van der Waals surface area (Å²) in [6.45, 7) is 1.87. The maximum absolute atomic E-state index is 5.40. The van der Waals surface area contributed by atoms with Crippen molar-refractivity contribution in [2.24, 2.45) is 0 Å². The third kappa shape index (κ3) is 1.92. The second-order valence-corrected chi connectivity index (χ2v) is 6.85. The minimum absolute atomic E-state index is 0.431. The van der Waals surface area contributed by atoms with Gasteiger partial charge in [0.05, 0.1) is 13.2 Å². The molecule has 2 aromatic rings. The molecule has 1 aromatic carbocycles. The fourth-order valence-corrected chi connectivity index (χ4v) is 4.52. The van der Waals surface area contributed by atoms with Crippen molar-refractivity contribution in [1.29, 1.82) is 0 Å². The topological polar surface area (TPSA) is 9.23 Å². The first-order valence-electron chi connectivity index (χ1n) is 5.16. The van der Waals surface area contributed by atoms with Crippen LogP contribution in [0.2, 0.25) is 0 Å². The normalized spacial score (nSPS) is 18.4. The molecule has 15 heavy (non-hydrogen) atoms. The number of benzene rings is 1. The summed E-state index contributed by atoms with van der Waals surface area (Å²) in [5.41, 5.74) is 0. The molecule has 3 rings (SSSR count). The number of hydrogen-bond acceptors (Lipinski definition) is 2. The van der Waals surface area contributed by atoms with E-state index in [0.717, 1.165) is 13.2 Å². The Kier molecular flexibility index (Phi) is 2.69. The molecule has 1 saturated heterocycles. The summed E-state index contributed by atoms with van der Waals surface area (Å²) in [4.78, 5) is 1.52. The summed E-state index contributed by atoms with van der Waals surface area (Å²) >= 11 is 1.82. The van der Waals surface area contributed by atoms with Gasteiger partial charge >= 0.3 is 0 Å². The minimum atomic E-state index is 0.431. The van der Waals surface area contributed by atoms with Crippen LogP contribution in [0.25, 0.3) is 10.1 Å². The van der Waals surface area contributed by atoms with Crippen LogP contribution in [0.1, 0.15) is 0 Å². The van der Waals surface area contributed by atoms with Crippen molar-refractivity contribution >= 4 is 32.3 Å². The van der Waals surface area contributed by atoms with Crippen molar-refractivity contribution in [2.75, 3.05) is 24.7 Å². The Morgan fingerprint density at radius 1 is 1.13 bits per heavy atom. The van der Waals surface area contributed by atoms with E-state index in [9.17, 15) is 0 Å². The summed E-state index contributed by atoms with van der Waals surface area (Å²) < 4.78 is 6.80. The Morgan fingerprint density at radius 2 is 2.00 bits per heavy atom. The zero-order valence-corrected chi connectivity index (χ0v) is 10.1. The van der Waals surface area contributed by atoms with E-state index in [2.05, 4.69) is 29.6 Å². The Hall–Kier alpha value is -0.510. The smallest absolute Gasteiger partial charge is 0.155 e. The van der Waals surface area contributed by atoms with E-state index < -0.39 is 0 Å². The molecule has 0 N–H and O–H groups in total. The van der Waals surface area contributed by atoms with Gasteiger partial charge in [0.15, 0.2) is 4.90 Å². The number of thiophene rings is 1. The largest absolute Gasteiger partial charge is 0.372 e. The first-order chi connectivity index (χ1) is 7.43. The zero-order chi connectivity index (χ0) is 10.1. The molecule has 0 aliphatic carbocycles. The molecule has 0 unspecified atom stereocenters. The molecule has 1 aromatic heterocycles. The van der Waals surface area contributed by atoms with Crippen LogP contribution in [-0.2, 0) is 15.6 Å². The molecule has 1 fully saturated rings. The van der Waals surface area contributed by atoms with Crippen molar-refractivity contribution in [3.05, 3.63) is 29.6 Å². The average Bonchev–Trinajstić information content (AvgIpc) is 2.77. The van der Waals surface area contributed by atoms with Crippen molar-refractivity contribution in [1.82, 2.24) is 0 Å². The highest BCUT2D eigenvalue weighted by atomic mass is 32.2. The molecule has 1 nitrogen and oxygen atoms in total. The van der Waals surface area contributed by atoms with Gasteiger partial charge in [0.25, 0.3) is 0 Å². The molecule has 2 heterocycles. The molecule has 1 aliphatic rings. The number of hydrogen-bond donors (Lipinski definition) is 0. The first-order valence-corrected chi connectivity index (χ1v) is 7.60. The van der Waals surface area contributed by atoms with E-state index in [1.54, 1.807) is 0 Å². The molecular weight excluding hydrogens is 224 g/mol. The van der Waals surface area contributed by atoms with Gasteiger partial charge in [0.2, 0.25) is 0 Å². The van der Waals surface area contributed by atoms with Crippen molar-refractivity contribution in [3.63, 3.8) is 0 Å². The Balaban J connectivity index is 1.95. The van der Waals surface area contributed by atoms with E-state index in [1.807, 2.05) is 11.3 Å². The number of ether oxygens (including phenoxy) is 1. The van der Waals surface area contributed by atoms with E-state index >= 15 is 0 Å². The van der Waals surface area contributed by atoms with Crippen molar-refractivity contribution in [2.45, 2.75) is 4.90 Å². The standard InChI is InChI=1S/C12H13OS2/c1-2-12-10(3-6-14-12)9-11(1)15-7-4-13-5-8-15/h1-3,6,9H,4-5,7-8H2/q+1. The van der Waals surface area contributed by atoms with Crippen LogP contribution >= 0.6 is 11.3 Å². The maximum atomic E-state index is 5.40. The Morgan fingerprint density at radius 3 is 2.87 bits per heavy atom. The van der Waals surface area contributed by atoms with Crippen LogP contribution in [0.15, 0.2) is 34.5 Å². The van der Waals surface area contributed by atoms with E-state index in [4.69, 9.17) is 4.74 Å². The molecular formula is C12H13OS2+. The highest BCUT2D eigenvalue weighted by molar-refractivity contribution is 7.97. The van der Waals surface area contributed by atoms with Gasteiger partial charge in [-0.3, -0.25) is 0 Å². The van der Waals surface area contributed by atoms with Crippen LogP contribution < -0.4 is 0 Å². The third-order valence-electron chi connectivity index (χ3n) is 2.71. The van der Waals surface area contributed by atoms with Gasteiger partial charge in [0, 0.05) is 21.7 Å². The molecule has 0 radical (unpaired) electrons. The Labute approximate surface area is 96.4 Å². The zero-order valence-electron chi connectivity index (χ0n) is 8.44. The summed E-state index contributed by atoms with van der Waals surface area (Å²) in [5, 5.41) is 3.57. The quantitative estimate of drug-likeness (QED) is 0.693. The number of fused-ring (bicyclic) bond motifs is 1. The lowest BCUT2D eigenvalue weighted by molar-refractivity contribution is 0.159. The van der Waals surface area contributed by atoms with Crippen LogP contribution in [-0.4, -0.2) is 24.7 Å². The van der Waals surface area contributed by atoms with E-state index in [0.29, 0.717) is 10.9 Å². The predicted octanol–water partition coefficient (Wildman–Crippen LogP) is 2.91. The molecule has 0 saturated carbocycles. The Bertz CT molecular complexity index is 457. The molecule has 0 amide bonds. The monoisotopic (exact) mass is 237 g/mol. The van der Waals surface area contributed by atoms with Crippen molar-refractivity contribution < 1.29 is 4.74 Å². The fraction of sp³-hybridized carbons (Fsp3) is 0.333. The molecule has 0 bridgehead atoms. The van der Waals surface area contributed by atoms with Gasteiger partial charge in [-0.1, -0.05) is 0 Å². The molecule has 3 heteroatoms. The average molecular weight is 237 g/mol. The van der Waals surface area contributed by atoms with E-state index in [1.165, 1.54) is 26.5 Å². The highest BCUT2D eigenvalue weighted by Crippen LogP contribution is 2.26. The predicted molar refractivity (Wildman–Crippen MR) is 68.0 cm³/mol. The summed E-state index contributed by atoms with van der Waals surface area (Å²) in [5.74, 6) is 2.41. The third-order valence-corrected chi connectivity index (χ3v) is 5.84. The van der Waals surface area contributed by atoms with Gasteiger partial charge in [-0.15, -0.1) is 11.3 Å². The summed E-state index contributed by atoms with van der Waals surface area (Å²) in [7, 11) is 0.431. The van der Waals surface area contributed by atoms with Gasteiger partial charge in [0.1, 0.15) is 11.5 Å². The van der Waals surface area contributed by atoms with E-state index in [-0.39, 0.29) is 0 Å². The molecule has 78 valence electrons. The van der Waals surface area contributed by atoms with Crippen molar-refractivity contribution in [3.8, 4) is 0 Å². The summed E-state index contributed by atoms with van der Waals surface area (Å²) in [6, 6.07) is 9.14. The van der Waals surface area contributed by atoms with Gasteiger partial charge in [-0.25, -0.2) is 0 Å². The molecule has 1 aliphatic heterocycles. The lowest BCUT2D eigenvalue weighted by atomic mass is 10.3. The van der Waals surface area contributed by atoms with Crippen LogP contribution in [0, 0.1) is 0 Å². The maximum Gasteiger partial charge on any atom is 0.155 e. The molecule has 0 spiro atoms. The fourth-order valence-electron chi connectivity index (χ4n) is 1.88. The van der Waals surface area contributed by atoms with Crippen LogP contribution in [0.3, 0.4) is 0 Å². The van der Waals surface area contributed by atoms with Gasteiger partial charge < -0.3 is 4.74 Å². The second kappa shape index (κ2) is 4.16. The SMILES string of the molecule is c1cc2cc([S+]3CCOCC3)ccc2s1. The number of rotatable bonds is 1. The highest BCUT2D eigenvalue weighted by Gasteiger charge is 2.25. The molecule has 0 atom stereocenters. The lowest BCUT2D eigenvalue weighted by Crippen LogP contribution is -2.26. The minimum Gasteiger partial charge on any atom is -0.372 e. The summed E-state index contributed by atoms with van der Waals surface area (Å²) in [6.07, 6.45) is 0. The van der Waals surface area contributed by atoms with Gasteiger partial charge in [-0.05, 0) is 29.0 Å². The van der Waals surface area contributed by atoms with Crippen LogP contribution in [0.5, 0.6) is 0 Å². The second-order valence-electron chi connectivity index (χ2n) is 3.63. The lowest BCUT2D eigenvalue weighted by Gasteiger charge is -2.13. The first kappa shape index (κ1) is 9.70.